The van der Waals surface area contributed by atoms with Gasteiger partial charge in [0.2, 0.25) is 0 Å². The zero-order valence-electron chi connectivity index (χ0n) is 6.54. The number of alkyl halides is 1. The van der Waals surface area contributed by atoms with E-state index in [1.165, 1.54) is 6.92 Å². The van der Waals surface area contributed by atoms with E-state index in [9.17, 15) is 9.59 Å². The number of carboxylic acid groups (broad SMARTS) is 1. The second-order valence-corrected chi connectivity index (χ2v) is 2.62. The Labute approximate surface area is 74.8 Å². The summed E-state index contributed by atoms with van der Waals surface area (Å²) < 4.78 is 4.47. The molecule has 0 bridgehead atoms. The summed E-state index contributed by atoms with van der Waals surface area (Å²) in [5.41, 5.74) is -1.04. The van der Waals surface area contributed by atoms with Crippen LogP contribution in [0, 0.1) is 0 Å². The molecule has 0 aliphatic rings. The number of carbonyl (C=O) groups excluding carboxylic acids is 1. The molecule has 0 heterocycles. The van der Waals surface area contributed by atoms with Crippen LogP contribution in [-0.2, 0) is 14.3 Å². The van der Waals surface area contributed by atoms with Gasteiger partial charge >= 0.3 is 11.9 Å². The monoisotopic (exact) mass is 192 g/mol. The van der Waals surface area contributed by atoms with Crippen molar-refractivity contribution in [1.82, 2.24) is 0 Å². The highest BCUT2D eigenvalue weighted by Crippen LogP contribution is 2.10. The molecule has 0 aromatic carbocycles. The summed E-state index contributed by atoms with van der Waals surface area (Å²) in [5, 5.41) is 8.37. The topological polar surface area (TPSA) is 63.6 Å². The highest BCUT2D eigenvalue weighted by molar-refractivity contribution is 6.20. The molecule has 5 heteroatoms. The molecule has 0 amide bonds. The van der Waals surface area contributed by atoms with E-state index in [0.717, 1.165) is 0 Å². The van der Waals surface area contributed by atoms with Crippen LogP contribution in [-0.4, -0.2) is 22.6 Å². The molecule has 0 fully saturated rings. The number of hydrogen-bond acceptors (Lipinski definition) is 3. The fraction of sp³-hybridized carbons (Fsp3) is 0.429. The Hall–Kier alpha value is -1.03. The minimum Gasteiger partial charge on any atom is -0.478 e. The fourth-order valence-electron chi connectivity index (χ4n) is 0.503. The quantitative estimate of drug-likeness (QED) is 0.412. The lowest BCUT2D eigenvalue weighted by molar-refractivity contribution is -0.143. The van der Waals surface area contributed by atoms with Crippen LogP contribution in [0.5, 0.6) is 0 Å². The van der Waals surface area contributed by atoms with E-state index in [1.807, 2.05) is 0 Å². The number of halogens is 1. The van der Waals surface area contributed by atoms with Crippen molar-refractivity contribution in [2.24, 2.45) is 0 Å². The molecule has 12 heavy (non-hydrogen) atoms. The van der Waals surface area contributed by atoms with Crippen LogP contribution in [0.15, 0.2) is 12.2 Å². The Morgan fingerprint density at radius 1 is 1.67 bits per heavy atom. The zero-order valence-corrected chi connectivity index (χ0v) is 7.30. The summed E-state index contributed by atoms with van der Waals surface area (Å²) in [7, 11) is 0. The maximum absolute atomic E-state index is 10.3. The van der Waals surface area contributed by atoms with Crippen LogP contribution in [0.3, 0.4) is 0 Å². The first-order chi connectivity index (χ1) is 5.43. The van der Waals surface area contributed by atoms with Gasteiger partial charge in [0, 0.05) is 18.9 Å². The van der Waals surface area contributed by atoms with Crippen LogP contribution < -0.4 is 0 Å². The van der Waals surface area contributed by atoms with Crippen molar-refractivity contribution >= 4 is 23.5 Å². The van der Waals surface area contributed by atoms with Gasteiger partial charge < -0.3 is 9.84 Å². The fourth-order valence-corrected chi connectivity index (χ4v) is 0.814. The van der Waals surface area contributed by atoms with E-state index >= 15 is 0 Å². The lowest BCUT2D eigenvalue weighted by Gasteiger charge is -2.08. The average Bonchev–Trinajstić information content (AvgIpc) is 1.84. The van der Waals surface area contributed by atoms with Gasteiger partial charge in [-0.25, -0.2) is 4.79 Å². The molecule has 0 aromatic heterocycles. The molecule has 0 spiro atoms. The Morgan fingerprint density at radius 3 is 2.50 bits per heavy atom. The van der Waals surface area contributed by atoms with E-state index in [4.69, 9.17) is 16.7 Å². The predicted molar refractivity (Wildman–Crippen MR) is 42.8 cm³/mol. The van der Waals surface area contributed by atoms with Crippen molar-refractivity contribution < 1.29 is 19.4 Å². The summed E-state index contributed by atoms with van der Waals surface area (Å²) in [6.45, 7) is 4.42. The lowest BCUT2D eigenvalue weighted by Crippen LogP contribution is -2.13. The second-order valence-electron chi connectivity index (χ2n) is 2.13. The van der Waals surface area contributed by atoms with Gasteiger partial charge in [-0.05, 0) is 0 Å². The first-order valence-electron chi connectivity index (χ1n) is 3.16. The highest BCUT2D eigenvalue weighted by atomic mass is 35.5. The van der Waals surface area contributed by atoms with E-state index in [2.05, 4.69) is 11.3 Å². The second kappa shape index (κ2) is 4.77. The van der Waals surface area contributed by atoms with Crippen molar-refractivity contribution in [3.05, 3.63) is 12.2 Å². The normalized spacial score (nSPS) is 11.8. The maximum Gasteiger partial charge on any atom is 0.331 e. The van der Waals surface area contributed by atoms with Crippen molar-refractivity contribution in [2.75, 3.05) is 0 Å². The number of hydrogen-bond donors (Lipinski definition) is 1. The molecule has 0 radical (unpaired) electrons. The van der Waals surface area contributed by atoms with Crippen LogP contribution in [0.2, 0.25) is 0 Å². The van der Waals surface area contributed by atoms with Crippen LogP contribution in [0.25, 0.3) is 0 Å². The van der Waals surface area contributed by atoms with Crippen LogP contribution in [0.1, 0.15) is 13.3 Å². The third kappa shape index (κ3) is 4.73. The number of aliphatic carboxylic acids is 1. The molecule has 0 aliphatic carbocycles. The largest absolute Gasteiger partial charge is 0.478 e. The summed E-state index contributed by atoms with van der Waals surface area (Å²) >= 11 is 5.45. The number of rotatable bonds is 4. The lowest BCUT2D eigenvalue weighted by atomic mass is 10.2. The Balaban J connectivity index is 3.84. The summed E-state index contributed by atoms with van der Waals surface area (Å²) in [6.07, 6.45) is -0.0729. The molecule has 0 saturated carbocycles. The first kappa shape index (κ1) is 11.0. The van der Waals surface area contributed by atoms with E-state index in [1.54, 1.807) is 0 Å². The minimum atomic E-state index is -1.15. The van der Waals surface area contributed by atoms with Crippen molar-refractivity contribution in [3.63, 3.8) is 0 Å². The van der Waals surface area contributed by atoms with Gasteiger partial charge in [0.05, 0.1) is 0 Å². The summed E-state index contributed by atoms with van der Waals surface area (Å²) in [4.78, 5) is 20.5. The molecule has 68 valence electrons. The predicted octanol–water partition coefficient (Wildman–Crippen LogP) is 1.15. The molecule has 0 rings (SSSR count). The van der Waals surface area contributed by atoms with E-state index < -0.39 is 17.5 Å². The number of carbonyl (C=O) groups is 2. The van der Waals surface area contributed by atoms with Crippen molar-refractivity contribution in [1.29, 1.82) is 0 Å². The zero-order chi connectivity index (χ0) is 9.72. The van der Waals surface area contributed by atoms with Gasteiger partial charge in [-0.1, -0.05) is 18.2 Å². The van der Waals surface area contributed by atoms with Crippen LogP contribution >= 0.6 is 11.6 Å². The number of ether oxygens (including phenoxy) is 1. The standard InChI is InChI=1S/C7H9ClO4/c1-4(7(10)11)3-6(8)12-5(2)9/h6H,1,3H2,2H3,(H,10,11). The number of carboxylic acids is 1. The molecular formula is C7H9ClO4. The van der Waals surface area contributed by atoms with Crippen LogP contribution in [0.4, 0.5) is 0 Å². The van der Waals surface area contributed by atoms with Gasteiger partial charge in [0.1, 0.15) is 0 Å². The van der Waals surface area contributed by atoms with Gasteiger partial charge in [-0.15, -0.1) is 0 Å². The Morgan fingerprint density at radius 2 is 2.17 bits per heavy atom. The molecule has 1 N–H and O–H groups in total. The summed E-state index contributed by atoms with van der Waals surface area (Å²) in [6, 6.07) is 0. The highest BCUT2D eigenvalue weighted by Gasteiger charge is 2.13. The van der Waals surface area contributed by atoms with Gasteiger partial charge in [0.15, 0.2) is 5.56 Å². The van der Waals surface area contributed by atoms with Crippen molar-refractivity contribution in [2.45, 2.75) is 18.9 Å². The molecular weight excluding hydrogens is 184 g/mol. The molecule has 0 aromatic rings. The van der Waals surface area contributed by atoms with E-state index in [-0.39, 0.29) is 12.0 Å². The number of esters is 1. The third-order valence-corrected chi connectivity index (χ3v) is 1.25. The molecule has 1 unspecified atom stereocenters. The van der Waals surface area contributed by atoms with Gasteiger partial charge in [0.25, 0.3) is 0 Å². The van der Waals surface area contributed by atoms with Gasteiger partial charge in [-0.2, -0.15) is 0 Å². The summed E-state index contributed by atoms with van der Waals surface area (Å²) in [5.74, 6) is -1.69. The molecule has 4 nitrogen and oxygen atoms in total. The SMILES string of the molecule is C=C(CC(Cl)OC(C)=O)C(=O)O. The Bertz CT molecular complexity index is 211. The maximum atomic E-state index is 10.3. The van der Waals surface area contributed by atoms with Gasteiger partial charge in [-0.3, -0.25) is 4.79 Å². The average molecular weight is 193 g/mol. The molecule has 0 saturated heterocycles. The van der Waals surface area contributed by atoms with E-state index in [0.29, 0.717) is 0 Å². The Kier molecular flexibility index (Phi) is 4.36. The smallest absolute Gasteiger partial charge is 0.331 e. The first-order valence-corrected chi connectivity index (χ1v) is 3.59. The molecule has 1 atom stereocenters. The van der Waals surface area contributed by atoms with Crippen molar-refractivity contribution in [3.8, 4) is 0 Å². The molecule has 0 aliphatic heterocycles. The third-order valence-electron chi connectivity index (χ3n) is 1.00. The minimum absolute atomic E-state index is 0.0729.